The molecule has 1 aliphatic carbocycles. The lowest BCUT2D eigenvalue weighted by atomic mass is 9.94. The van der Waals surface area contributed by atoms with Gasteiger partial charge in [-0.15, -0.1) is 0 Å². The molecule has 0 spiro atoms. The second-order valence-corrected chi connectivity index (χ2v) is 6.68. The molecule has 0 aliphatic heterocycles. The molecule has 0 aromatic carbocycles. The van der Waals surface area contributed by atoms with Gasteiger partial charge in [-0.05, 0) is 18.8 Å². The molecule has 1 saturated carbocycles. The molecular weight excluding hydrogens is 238 g/mol. The lowest BCUT2D eigenvalue weighted by Crippen LogP contribution is -2.10. The first kappa shape index (κ1) is 12.9. The van der Waals surface area contributed by atoms with Gasteiger partial charge in [-0.1, -0.05) is 73.3 Å². The first-order chi connectivity index (χ1) is 6.58. The van der Waals surface area contributed by atoms with Crippen LogP contribution >= 0.6 is 34.8 Å². The zero-order valence-corrected chi connectivity index (χ0v) is 10.8. The molecule has 0 aromatic heterocycles. The van der Waals surface area contributed by atoms with Crippen LogP contribution in [0.25, 0.3) is 0 Å². The predicted octanol–water partition coefficient (Wildman–Crippen LogP) is 5.46. The van der Waals surface area contributed by atoms with Crippen LogP contribution in [0.3, 0.4) is 0 Å². The van der Waals surface area contributed by atoms with Gasteiger partial charge >= 0.3 is 0 Å². The van der Waals surface area contributed by atoms with Crippen molar-refractivity contribution in [3.05, 3.63) is 5.92 Å². The molecule has 0 atom stereocenters. The van der Waals surface area contributed by atoms with E-state index in [1.54, 1.807) is 0 Å². The molecule has 0 saturated heterocycles. The Labute approximate surface area is 102 Å². The number of hydrogen-bond acceptors (Lipinski definition) is 0. The van der Waals surface area contributed by atoms with E-state index in [1.165, 1.54) is 44.4 Å². The summed E-state index contributed by atoms with van der Waals surface area (Å²) in [6.07, 6.45) is 10.9. The summed E-state index contributed by atoms with van der Waals surface area (Å²) in [7, 11) is 0. The standard InChI is InChI=1S/C11H18Cl3/c12-11(13,14)9-10-7-5-3-1-2-4-6-8-10/h1-9H2. The number of halogens is 3. The van der Waals surface area contributed by atoms with Crippen LogP contribution < -0.4 is 0 Å². The Balaban J connectivity index is 2.32. The van der Waals surface area contributed by atoms with Gasteiger partial charge in [0.1, 0.15) is 0 Å². The molecule has 1 aliphatic rings. The number of hydrogen-bond donors (Lipinski definition) is 0. The molecule has 83 valence electrons. The van der Waals surface area contributed by atoms with Crippen molar-refractivity contribution in [2.45, 2.75) is 61.6 Å². The monoisotopic (exact) mass is 255 g/mol. The predicted molar refractivity (Wildman–Crippen MR) is 65.1 cm³/mol. The summed E-state index contributed by atoms with van der Waals surface area (Å²) in [5.41, 5.74) is 0. The number of alkyl halides is 3. The second-order valence-electron chi connectivity index (χ2n) is 4.16. The van der Waals surface area contributed by atoms with E-state index >= 15 is 0 Å². The van der Waals surface area contributed by atoms with Crippen molar-refractivity contribution in [3.63, 3.8) is 0 Å². The van der Waals surface area contributed by atoms with Gasteiger partial charge in [-0.3, -0.25) is 0 Å². The van der Waals surface area contributed by atoms with Gasteiger partial charge in [-0.25, -0.2) is 0 Å². The smallest absolute Gasteiger partial charge is 0.0837 e. The van der Waals surface area contributed by atoms with Crippen molar-refractivity contribution in [1.29, 1.82) is 0 Å². The SMILES string of the molecule is ClC(Cl)(Cl)C[C]1CCCCCCCC1. The zero-order chi connectivity index (χ0) is 10.4. The van der Waals surface area contributed by atoms with E-state index < -0.39 is 3.79 Å². The molecule has 0 nitrogen and oxygen atoms in total. The summed E-state index contributed by atoms with van der Waals surface area (Å²) in [4.78, 5) is 0. The maximum Gasteiger partial charge on any atom is 0.191 e. The molecule has 1 radical (unpaired) electrons. The lowest BCUT2D eigenvalue weighted by Gasteiger charge is -2.19. The lowest BCUT2D eigenvalue weighted by molar-refractivity contribution is 0.611. The van der Waals surface area contributed by atoms with Crippen LogP contribution in [0.1, 0.15) is 57.8 Å². The van der Waals surface area contributed by atoms with Crippen LogP contribution in [-0.2, 0) is 0 Å². The van der Waals surface area contributed by atoms with Crippen molar-refractivity contribution in [2.75, 3.05) is 0 Å². The minimum Gasteiger partial charge on any atom is -0.0837 e. The highest BCUT2D eigenvalue weighted by atomic mass is 35.6. The Kier molecular flexibility index (Phi) is 5.96. The minimum atomic E-state index is -1.08. The summed E-state index contributed by atoms with van der Waals surface area (Å²) >= 11 is 17.4. The summed E-state index contributed by atoms with van der Waals surface area (Å²) in [5, 5.41) is 0. The Morgan fingerprint density at radius 3 is 1.64 bits per heavy atom. The summed E-state index contributed by atoms with van der Waals surface area (Å²) in [6.45, 7) is 0. The highest BCUT2D eigenvalue weighted by molar-refractivity contribution is 6.67. The van der Waals surface area contributed by atoms with Crippen molar-refractivity contribution in [2.24, 2.45) is 0 Å². The Morgan fingerprint density at radius 1 is 0.786 bits per heavy atom. The Hall–Kier alpha value is 0.870. The summed E-state index contributed by atoms with van der Waals surface area (Å²) in [5.74, 6) is 1.45. The van der Waals surface area contributed by atoms with Gasteiger partial charge in [-0.2, -0.15) is 0 Å². The fourth-order valence-corrected chi connectivity index (χ4v) is 2.61. The van der Waals surface area contributed by atoms with E-state index in [9.17, 15) is 0 Å². The van der Waals surface area contributed by atoms with Crippen LogP contribution in [0.5, 0.6) is 0 Å². The van der Waals surface area contributed by atoms with Crippen molar-refractivity contribution in [1.82, 2.24) is 0 Å². The first-order valence-electron chi connectivity index (χ1n) is 5.48. The third kappa shape index (κ3) is 6.37. The molecule has 3 heteroatoms. The third-order valence-electron chi connectivity index (χ3n) is 2.76. The Morgan fingerprint density at radius 2 is 1.21 bits per heavy atom. The summed E-state index contributed by atoms with van der Waals surface area (Å²) in [6, 6.07) is 0. The third-order valence-corrected chi connectivity index (χ3v) is 3.16. The second kappa shape index (κ2) is 6.45. The van der Waals surface area contributed by atoms with Crippen molar-refractivity contribution >= 4 is 34.8 Å². The van der Waals surface area contributed by atoms with Crippen molar-refractivity contribution in [3.8, 4) is 0 Å². The highest BCUT2D eigenvalue weighted by Gasteiger charge is 2.25. The quantitative estimate of drug-likeness (QED) is 0.547. The fraction of sp³-hybridized carbons (Fsp3) is 0.909. The average molecular weight is 257 g/mol. The van der Waals surface area contributed by atoms with Crippen molar-refractivity contribution < 1.29 is 0 Å². The molecule has 0 heterocycles. The zero-order valence-electron chi connectivity index (χ0n) is 8.50. The molecule has 0 N–H and O–H groups in total. The molecule has 0 bridgehead atoms. The highest BCUT2D eigenvalue weighted by Crippen LogP contribution is 2.38. The average Bonchev–Trinajstić information content (AvgIpc) is 2.15. The Bertz CT molecular complexity index is 141. The van der Waals surface area contributed by atoms with E-state index in [2.05, 4.69) is 0 Å². The normalized spacial score (nSPS) is 22.5. The van der Waals surface area contributed by atoms with Gasteiger partial charge in [0.15, 0.2) is 3.79 Å². The number of rotatable bonds is 1. The maximum atomic E-state index is 5.81. The minimum absolute atomic E-state index is 0.650. The van der Waals surface area contributed by atoms with E-state index in [0.717, 1.165) is 12.8 Å². The molecular formula is C11H18Cl3. The fourth-order valence-electron chi connectivity index (χ4n) is 2.04. The first-order valence-corrected chi connectivity index (χ1v) is 6.62. The molecule has 0 unspecified atom stereocenters. The van der Waals surface area contributed by atoms with Crippen LogP contribution in [-0.4, -0.2) is 3.79 Å². The molecule has 14 heavy (non-hydrogen) atoms. The molecule has 1 rings (SSSR count). The summed E-state index contributed by atoms with van der Waals surface area (Å²) < 4.78 is -1.08. The molecule has 1 fully saturated rings. The van der Waals surface area contributed by atoms with Crippen LogP contribution in [0.4, 0.5) is 0 Å². The largest absolute Gasteiger partial charge is 0.191 e. The van der Waals surface area contributed by atoms with Crippen LogP contribution in [0.2, 0.25) is 0 Å². The molecule has 0 aromatic rings. The van der Waals surface area contributed by atoms with Crippen LogP contribution in [0.15, 0.2) is 0 Å². The topological polar surface area (TPSA) is 0 Å². The van der Waals surface area contributed by atoms with E-state index in [-0.39, 0.29) is 0 Å². The van der Waals surface area contributed by atoms with E-state index in [4.69, 9.17) is 34.8 Å². The van der Waals surface area contributed by atoms with Gasteiger partial charge in [0.05, 0.1) is 0 Å². The van der Waals surface area contributed by atoms with Gasteiger partial charge in [0.25, 0.3) is 0 Å². The van der Waals surface area contributed by atoms with Gasteiger partial charge in [0.2, 0.25) is 0 Å². The van der Waals surface area contributed by atoms with Gasteiger partial charge in [0, 0.05) is 6.42 Å². The molecule has 0 amide bonds. The van der Waals surface area contributed by atoms with E-state index in [1.807, 2.05) is 0 Å². The maximum absolute atomic E-state index is 5.81. The van der Waals surface area contributed by atoms with Gasteiger partial charge < -0.3 is 0 Å². The van der Waals surface area contributed by atoms with Crippen LogP contribution in [0, 0.1) is 5.92 Å². The van der Waals surface area contributed by atoms with E-state index in [0.29, 0.717) is 6.42 Å².